The third kappa shape index (κ3) is 4.82. The molecule has 2 rings (SSSR count). The molecule has 0 aliphatic heterocycles. The Hall–Kier alpha value is -1.37. The largest absolute Gasteiger partial charge is 0.427 e. The maximum Gasteiger partial charge on any atom is 0.330 e. The average Bonchev–Trinajstić information content (AvgIpc) is 2.90. The molecule has 2 aromatic rings. The van der Waals surface area contributed by atoms with E-state index in [9.17, 15) is 5.11 Å². The topological polar surface area (TPSA) is 70.2 Å². The van der Waals surface area contributed by atoms with Gasteiger partial charge in [0.1, 0.15) is 5.82 Å². The van der Waals surface area contributed by atoms with Crippen LogP contribution in [0.5, 0.6) is 0 Å². The normalized spacial score (nSPS) is 12.8. The molecule has 0 amide bonds. The standard InChI is InChI=1S/C18H29BN3O2/c1-6-7-10-20-12-16-21-14-9-8-13(11-15(14)22-16)19-24-18(4,5)17(2,3)23/h8-9,11,20,23H,6-7,10,12H2,1-5H3,(H,21,22). The summed E-state index contributed by atoms with van der Waals surface area (Å²) in [6, 6.07) is 5.96. The molecule has 5 nitrogen and oxygen atoms in total. The van der Waals surface area contributed by atoms with E-state index in [-0.39, 0.29) is 0 Å². The molecule has 24 heavy (non-hydrogen) atoms. The summed E-state index contributed by atoms with van der Waals surface area (Å²) >= 11 is 0. The molecule has 0 aliphatic carbocycles. The van der Waals surface area contributed by atoms with Crippen molar-refractivity contribution in [1.82, 2.24) is 15.3 Å². The third-order valence-electron chi connectivity index (χ3n) is 4.52. The van der Waals surface area contributed by atoms with Crippen LogP contribution in [0.15, 0.2) is 18.2 Å². The zero-order chi connectivity index (χ0) is 17.8. The highest BCUT2D eigenvalue weighted by molar-refractivity contribution is 6.47. The quantitative estimate of drug-likeness (QED) is 0.487. The van der Waals surface area contributed by atoms with Gasteiger partial charge in [-0.05, 0) is 52.8 Å². The summed E-state index contributed by atoms with van der Waals surface area (Å²) < 4.78 is 5.81. The molecule has 0 bridgehead atoms. The lowest BCUT2D eigenvalue weighted by atomic mass is 9.82. The van der Waals surface area contributed by atoms with Crippen LogP contribution in [0.25, 0.3) is 11.0 Å². The van der Waals surface area contributed by atoms with E-state index < -0.39 is 11.2 Å². The molecule has 6 heteroatoms. The Bertz CT molecular complexity index is 662. The van der Waals surface area contributed by atoms with Crippen molar-refractivity contribution in [2.75, 3.05) is 6.54 Å². The summed E-state index contributed by atoms with van der Waals surface area (Å²) in [4.78, 5) is 7.93. The SMILES string of the molecule is CCCCNCc1nc2ccc([B]OC(C)(C)C(C)(C)O)cc2[nH]1. The van der Waals surface area contributed by atoms with Gasteiger partial charge in [0.15, 0.2) is 0 Å². The molecule has 0 saturated carbocycles. The minimum atomic E-state index is -0.932. The molecule has 0 unspecified atom stereocenters. The number of nitrogens with one attached hydrogen (secondary N) is 2. The molecule has 0 atom stereocenters. The van der Waals surface area contributed by atoms with E-state index in [4.69, 9.17) is 4.65 Å². The Labute approximate surface area is 145 Å². The van der Waals surface area contributed by atoms with Gasteiger partial charge in [-0.1, -0.05) is 24.9 Å². The number of hydrogen-bond donors (Lipinski definition) is 3. The highest BCUT2D eigenvalue weighted by Crippen LogP contribution is 2.24. The van der Waals surface area contributed by atoms with E-state index in [1.54, 1.807) is 21.3 Å². The molecule has 1 radical (unpaired) electrons. The maximum absolute atomic E-state index is 10.2. The van der Waals surface area contributed by atoms with E-state index in [2.05, 4.69) is 22.2 Å². The van der Waals surface area contributed by atoms with Crippen LogP contribution in [-0.4, -0.2) is 40.3 Å². The molecule has 1 heterocycles. The smallest absolute Gasteiger partial charge is 0.330 e. The lowest BCUT2D eigenvalue weighted by Gasteiger charge is -2.37. The minimum Gasteiger partial charge on any atom is -0.427 e. The summed E-state index contributed by atoms with van der Waals surface area (Å²) in [6.45, 7) is 11.2. The van der Waals surface area contributed by atoms with E-state index in [1.807, 2.05) is 32.0 Å². The van der Waals surface area contributed by atoms with Crippen LogP contribution < -0.4 is 10.8 Å². The molecular formula is C18H29BN3O2. The van der Waals surface area contributed by atoms with E-state index >= 15 is 0 Å². The number of unbranched alkanes of at least 4 members (excludes halogenated alkanes) is 1. The molecule has 0 aliphatic rings. The number of benzene rings is 1. The molecule has 1 aromatic heterocycles. The number of H-pyrrole nitrogens is 1. The van der Waals surface area contributed by atoms with Crippen molar-refractivity contribution in [3.8, 4) is 0 Å². The fourth-order valence-corrected chi connectivity index (χ4v) is 2.11. The molecule has 3 N–H and O–H groups in total. The zero-order valence-electron chi connectivity index (χ0n) is 15.4. The van der Waals surface area contributed by atoms with Crippen molar-refractivity contribution >= 4 is 24.0 Å². The van der Waals surface area contributed by atoms with Gasteiger partial charge < -0.3 is 20.1 Å². The van der Waals surface area contributed by atoms with Gasteiger partial charge in [0.05, 0.1) is 28.8 Å². The number of imidazole rings is 1. The number of fused-ring (bicyclic) bond motifs is 1. The second kappa shape index (κ2) is 7.68. The summed E-state index contributed by atoms with van der Waals surface area (Å²) in [5.41, 5.74) is 1.26. The number of aromatic amines is 1. The van der Waals surface area contributed by atoms with Crippen molar-refractivity contribution in [3.05, 3.63) is 24.0 Å². The van der Waals surface area contributed by atoms with Crippen molar-refractivity contribution < 1.29 is 9.76 Å². The molecular weight excluding hydrogens is 301 g/mol. The fourth-order valence-electron chi connectivity index (χ4n) is 2.11. The van der Waals surface area contributed by atoms with Gasteiger partial charge in [0.2, 0.25) is 0 Å². The highest BCUT2D eigenvalue weighted by Gasteiger charge is 2.35. The van der Waals surface area contributed by atoms with Crippen LogP contribution in [-0.2, 0) is 11.2 Å². The van der Waals surface area contributed by atoms with Crippen molar-refractivity contribution in [2.45, 2.75) is 65.2 Å². The number of nitrogens with zero attached hydrogens (tertiary/aromatic N) is 1. The van der Waals surface area contributed by atoms with Gasteiger partial charge in [-0.3, -0.25) is 0 Å². The first kappa shape index (κ1) is 19.0. The lowest BCUT2D eigenvalue weighted by molar-refractivity contribution is -0.0893. The van der Waals surface area contributed by atoms with E-state index in [0.717, 1.165) is 35.4 Å². The van der Waals surface area contributed by atoms with Crippen molar-refractivity contribution in [2.24, 2.45) is 0 Å². The lowest BCUT2D eigenvalue weighted by Crippen LogP contribution is -2.49. The molecule has 1 aromatic carbocycles. The Balaban J connectivity index is 2.00. The third-order valence-corrected chi connectivity index (χ3v) is 4.52. The van der Waals surface area contributed by atoms with Gasteiger partial charge in [0.25, 0.3) is 0 Å². The molecule has 0 spiro atoms. The van der Waals surface area contributed by atoms with E-state index in [0.29, 0.717) is 0 Å². The van der Waals surface area contributed by atoms with Crippen LogP contribution in [0.3, 0.4) is 0 Å². The Morgan fingerprint density at radius 1 is 1.29 bits per heavy atom. The second-order valence-corrected chi connectivity index (χ2v) is 7.30. The summed E-state index contributed by atoms with van der Waals surface area (Å²) in [5.74, 6) is 0.941. The van der Waals surface area contributed by atoms with Gasteiger partial charge in [-0.25, -0.2) is 4.98 Å². The van der Waals surface area contributed by atoms with Crippen LogP contribution >= 0.6 is 0 Å². The summed E-state index contributed by atoms with van der Waals surface area (Å²) in [6.07, 6.45) is 2.36. The van der Waals surface area contributed by atoms with E-state index in [1.165, 1.54) is 12.8 Å². The van der Waals surface area contributed by atoms with Crippen LogP contribution in [0.2, 0.25) is 0 Å². The Morgan fingerprint density at radius 2 is 2.04 bits per heavy atom. The second-order valence-electron chi connectivity index (χ2n) is 7.30. The Morgan fingerprint density at radius 3 is 2.71 bits per heavy atom. The predicted molar refractivity (Wildman–Crippen MR) is 99.6 cm³/mol. The van der Waals surface area contributed by atoms with Crippen molar-refractivity contribution in [3.63, 3.8) is 0 Å². The van der Waals surface area contributed by atoms with Crippen molar-refractivity contribution in [1.29, 1.82) is 0 Å². The number of aliphatic hydroxyl groups is 1. The number of aromatic nitrogens is 2. The highest BCUT2D eigenvalue weighted by atomic mass is 16.5. The molecule has 0 saturated heterocycles. The zero-order valence-corrected chi connectivity index (χ0v) is 15.4. The first-order valence-corrected chi connectivity index (χ1v) is 8.66. The van der Waals surface area contributed by atoms with Gasteiger partial charge in [0, 0.05) is 0 Å². The Kier molecular flexibility index (Phi) is 6.07. The summed E-state index contributed by atoms with van der Waals surface area (Å²) in [5, 5.41) is 13.5. The average molecular weight is 330 g/mol. The monoisotopic (exact) mass is 330 g/mol. The van der Waals surface area contributed by atoms with Crippen LogP contribution in [0.1, 0.15) is 53.3 Å². The first-order chi connectivity index (χ1) is 11.2. The first-order valence-electron chi connectivity index (χ1n) is 8.66. The number of hydrogen-bond acceptors (Lipinski definition) is 4. The minimum absolute atomic E-state index is 0.676. The molecule has 0 fully saturated rings. The van der Waals surface area contributed by atoms with Crippen LogP contribution in [0, 0.1) is 0 Å². The predicted octanol–water partition coefficient (Wildman–Crippen LogP) is 2.26. The molecule has 131 valence electrons. The van der Waals surface area contributed by atoms with Gasteiger partial charge in [-0.2, -0.15) is 0 Å². The fraction of sp³-hybridized carbons (Fsp3) is 0.611. The van der Waals surface area contributed by atoms with Gasteiger partial charge in [-0.15, -0.1) is 0 Å². The number of rotatable bonds is 9. The van der Waals surface area contributed by atoms with Gasteiger partial charge >= 0.3 is 7.48 Å². The summed E-state index contributed by atoms with van der Waals surface area (Å²) in [7, 11) is 1.69. The maximum atomic E-state index is 10.2. The van der Waals surface area contributed by atoms with Crippen LogP contribution in [0.4, 0.5) is 0 Å².